The number of nitrogens with one attached hydrogen (secondary N) is 1. The summed E-state index contributed by atoms with van der Waals surface area (Å²) in [6.45, 7) is 2.06. The zero-order valence-electron chi connectivity index (χ0n) is 10.9. The number of hydrogen-bond acceptors (Lipinski definition) is 3. The van der Waals surface area contributed by atoms with Gasteiger partial charge < -0.3 is 9.40 Å². The standard InChI is InChI=1S/C16H12N2OS/c1-10-4-5-11-8-15(19-14(11)7-10)13-9-20-16(18-13)12-3-2-6-17-12/h2-9,17H,1H3. The van der Waals surface area contributed by atoms with E-state index in [0.717, 1.165) is 33.1 Å². The van der Waals surface area contributed by atoms with Crippen LogP contribution in [-0.2, 0) is 0 Å². The maximum absolute atomic E-state index is 5.90. The minimum absolute atomic E-state index is 0.819. The van der Waals surface area contributed by atoms with E-state index < -0.39 is 0 Å². The number of furan rings is 1. The minimum atomic E-state index is 0.819. The zero-order chi connectivity index (χ0) is 13.5. The number of rotatable bonds is 2. The summed E-state index contributed by atoms with van der Waals surface area (Å²) in [5.74, 6) is 0.819. The predicted molar refractivity (Wildman–Crippen MR) is 81.8 cm³/mol. The van der Waals surface area contributed by atoms with Gasteiger partial charge in [0.1, 0.15) is 16.3 Å². The number of nitrogens with zero attached hydrogens (tertiary/aromatic N) is 1. The van der Waals surface area contributed by atoms with Crippen LogP contribution in [0.1, 0.15) is 5.56 Å². The highest BCUT2D eigenvalue weighted by molar-refractivity contribution is 7.13. The van der Waals surface area contributed by atoms with E-state index in [-0.39, 0.29) is 0 Å². The predicted octanol–water partition coefficient (Wildman–Crippen LogP) is 4.86. The first-order chi connectivity index (χ1) is 9.79. The average Bonchev–Trinajstić information content (AvgIpc) is 3.17. The first kappa shape index (κ1) is 11.5. The molecule has 4 heteroatoms. The Morgan fingerprint density at radius 2 is 2.15 bits per heavy atom. The number of H-pyrrole nitrogens is 1. The lowest BCUT2D eigenvalue weighted by atomic mass is 10.2. The molecule has 3 heterocycles. The summed E-state index contributed by atoms with van der Waals surface area (Å²) in [4.78, 5) is 7.80. The highest BCUT2D eigenvalue weighted by Gasteiger charge is 2.11. The molecule has 3 nitrogen and oxygen atoms in total. The second-order valence-corrected chi connectivity index (χ2v) is 5.63. The Hall–Kier alpha value is -2.33. The summed E-state index contributed by atoms with van der Waals surface area (Å²) in [5.41, 5.74) is 4.03. The van der Waals surface area contributed by atoms with E-state index in [1.165, 1.54) is 5.56 Å². The SMILES string of the molecule is Cc1ccc2cc(-c3csc(-c4ccc[nH]4)n3)oc2c1. The van der Waals surface area contributed by atoms with E-state index in [0.29, 0.717) is 0 Å². The van der Waals surface area contributed by atoms with Crippen LogP contribution in [0.4, 0.5) is 0 Å². The summed E-state index contributed by atoms with van der Waals surface area (Å²) in [6.07, 6.45) is 1.90. The molecule has 1 aromatic carbocycles. The van der Waals surface area contributed by atoms with Crippen LogP contribution >= 0.6 is 11.3 Å². The van der Waals surface area contributed by atoms with E-state index in [4.69, 9.17) is 4.42 Å². The van der Waals surface area contributed by atoms with Crippen molar-refractivity contribution in [3.05, 3.63) is 53.5 Å². The van der Waals surface area contributed by atoms with Crippen molar-refractivity contribution in [3.8, 4) is 22.2 Å². The van der Waals surface area contributed by atoms with Gasteiger partial charge in [-0.25, -0.2) is 4.98 Å². The lowest BCUT2D eigenvalue weighted by Gasteiger charge is -1.90. The molecule has 0 fully saturated rings. The molecule has 0 bridgehead atoms. The Balaban J connectivity index is 1.79. The summed E-state index contributed by atoms with van der Waals surface area (Å²) < 4.78 is 5.90. The van der Waals surface area contributed by atoms with Gasteiger partial charge in [0.05, 0.1) is 5.69 Å². The van der Waals surface area contributed by atoms with Crippen LogP contribution in [0.25, 0.3) is 33.1 Å². The first-order valence-electron chi connectivity index (χ1n) is 6.39. The number of aromatic amines is 1. The van der Waals surface area contributed by atoms with E-state index in [1.807, 2.05) is 29.8 Å². The lowest BCUT2D eigenvalue weighted by molar-refractivity contribution is 0.629. The number of fused-ring (bicyclic) bond motifs is 1. The molecule has 0 unspecified atom stereocenters. The third kappa shape index (κ3) is 1.85. The third-order valence-electron chi connectivity index (χ3n) is 3.26. The van der Waals surface area contributed by atoms with Crippen LogP contribution in [0, 0.1) is 6.92 Å². The Labute approximate surface area is 119 Å². The highest BCUT2D eigenvalue weighted by atomic mass is 32.1. The van der Waals surface area contributed by atoms with E-state index in [9.17, 15) is 0 Å². The molecule has 0 aliphatic carbocycles. The summed E-state index contributed by atoms with van der Waals surface area (Å²) in [7, 11) is 0. The van der Waals surface area contributed by atoms with Gasteiger partial charge in [-0.2, -0.15) is 0 Å². The summed E-state index contributed by atoms with van der Waals surface area (Å²) in [6, 6.07) is 12.3. The highest BCUT2D eigenvalue weighted by Crippen LogP contribution is 2.31. The van der Waals surface area contributed by atoms with Crippen LogP contribution < -0.4 is 0 Å². The number of hydrogen-bond donors (Lipinski definition) is 1. The van der Waals surface area contributed by atoms with Gasteiger partial charge in [-0.3, -0.25) is 0 Å². The molecular weight excluding hydrogens is 268 g/mol. The molecule has 0 radical (unpaired) electrons. The van der Waals surface area contributed by atoms with Gasteiger partial charge in [-0.15, -0.1) is 11.3 Å². The summed E-state index contributed by atoms with van der Waals surface area (Å²) >= 11 is 1.61. The van der Waals surface area contributed by atoms with Crippen molar-refractivity contribution < 1.29 is 4.42 Å². The van der Waals surface area contributed by atoms with Crippen molar-refractivity contribution >= 4 is 22.3 Å². The van der Waals surface area contributed by atoms with Gasteiger partial charge in [-0.1, -0.05) is 12.1 Å². The van der Waals surface area contributed by atoms with Crippen molar-refractivity contribution in [2.45, 2.75) is 6.92 Å². The smallest absolute Gasteiger partial charge is 0.154 e. The van der Waals surface area contributed by atoms with Gasteiger partial charge in [0.25, 0.3) is 0 Å². The molecule has 0 spiro atoms. The topological polar surface area (TPSA) is 41.8 Å². The molecule has 0 aliphatic rings. The van der Waals surface area contributed by atoms with E-state index in [2.05, 4.69) is 35.1 Å². The van der Waals surface area contributed by atoms with Crippen LogP contribution in [0.2, 0.25) is 0 Å². The Bertz CT molecular complexity index is 871. The fraction of sp³-hybridized carbons (Fsp3) is 0.0625. The molecule has 20 heavy (non-hydrogen) atoms. The lowest BCUT2D eigenvalue weighted by Crippen LogP contribution is -1.76. The molecule has 4 rings (SSSR count). The molecule has 0 saturated carbocycles. The summed E-state index contributed by atoms with van der Waals surface area (Å²) in [5, 5.41) is 4.11. The molecular formula is C16H12N2OS. The van der Waals surface area contributed by atoms with Crippen molar-refractivity contribution in [2.75, 3.05) is 0 Å². The molecule has 0 atom stereocenters. The molecule has 0 amide bonds. The third-order valence-corrected chi connectivity index (χ3v) is 4.14. The van der Waals surface area contributed by atoms with Crippen LogP contribution in [0.3, 0.4) is 0 Å². The van der Waals surface area contributed by atoms with Gasteiger partial charge in [0.15, 0.2) is 5.76 Å². The molecule has 98 valence electrons. The van der Waals surface area contributed by atoms with Crippen LogP contribution in [0.15, 0.2) is 52.4 Å². The second-order valence-electron chi connectivity index (χ2n) is 4.77. The van der Waals surface area contributed by atoms with Crippen LogP contribution in [-0.4, -0.2) is 9.97 Å². The van der Waals surface area contributed by atoms with Gasteiger partial charge in [0.2, 0.25) is 0 Å². The van der Waals surface area contributed by atoms with Crippen molar-refractivity contribution in [1.29, 1.82) is 0 Å². The zero-order valence-corrected chi connectivity index (χ0v) is 11.7. The van der Waals surface area contributed by atoms with Crippen LogP contribution in [0.5, 0.6) is 0 Å². The maximum Gasteiger partial charge on any atom is 0.154 e. The number of thiazole rings is 1. The first-order valence-corrected chi connectivity index (χ1v) is 7.27. The van der Waals surface area contributed by atoms with Crippen molar-refractivity contribution in [3.63, 3.8) is 0 Å². The molecule has 4 aromatic rings. The quantitative estimate of drug-likeness (QED) is 0.569. The number of aryl methyl sites for hydroxylation is 1. The van der Waals surface area contributed by atoms with Gasteiger partial charge in [0, 0.05) is 17.0 Å². The van der Waals surface area contributed by atoms with Crippen molar-refractivity contribution in [2.24, 2.45) is 0 Å². The number of benzene rings is 1. The minimum Gasteiger partial charge on any atom is -0.454 e. The average molecular weight is 280 g/mol. The molecule has 3 aromatic heterocycles. The molecule has 0 saturated heterocycles. The fourth-order valence-electron chi connectivity index (χ4n) is 2.24. The normalized spacial score (nSPS) is 11.2. The van der Waals surface area contributed by atoms with Crippen molar-refractivity contribution in [1.82, 2.24) is 9.97 Å². The molecule has 0 aliphatic heterocycles. The van der Waals surface area contributed by atoms with E-state index >= 15 is 0 Å². The fourth-order valence-corrected chi connectivity index (χ4v) is 3.04. The van der Waals surface area contributed by atoms with Gasteiger partial charge in [-0.05, 0) is 36.8 Å². The Kier molecular flexibility index (Phi) is 2.50. The monoisotopic (exact) mass is 280 g/mol. The maximum atomic E-state index is 5.90. The number of aromatic nitrogens is 2. The Morgan fingerprint density at radius 3 is 3.00 bits per heavy atom. The van der Waals surface area contributed by atoms with E-state index in [1.54, 1.807) is 11.3 Å². The largest absolute Gasteiger partial charge is 0.454 e. The van der Waals surface area contributed by atoms with Gasteiger partial charge >= 0.3 is 0 Å². The second kappa shape index (κ2) is 4.35. The molecule has 1 N–H and O–H groups in total. The Morgan fingerprint density at radius 1 is 1.20 bits per heavy atom.